The van der Waals surface area contributed by atoms with Crippen LogP contribution in [-0.2, 0) is 4.74 Å². The number of carbonyl (C=O) groups excluding carboxylic acids is 1. The quantitative estimate of drug-likeness (QED) is 0.905. The molecule has 0 atom stereocenters. The zero-order chi connectivity index (χ0) is 18.6. The fourth-order valence-corrected chi connectivity index (χ4v) is 2.67. The van der Waals surface area contributed by atoms with Gasteiger partial charge in [0.25, 0.3) is 0 Å². The zero-order valence-electron chi connectivity index (χ0n) is 15.3. The fraction of sp³-hybridized carbons (Fsp3) is 0.444. The standard InChI is InChI=1S/C18H24N6O2/c1-18(2,3)26-17(25)22-15-6-5-14(13-21-15)23-9-11-24(12-10-23)16-19-7-4-8-20-16/h4-8,13H,9-12H2,1-3H3,(H,21,22,25). The van der Waals surface area contributed by atoms with Gasteiger partial charge in [-0.3, -0.25) is 5.32 Å². The Morgan fingerprint density at radius 3 is 2.27 bits per heavy atom. The van der Waals surface area contributed by atoms with Crippen molar-refractivity contribution in [2.24, 2.45) is 0 Å². The van der Waals surface area contributed by atoms with Gasteiger partial charge in [0.2, 0.25) is 5.95 Å². The molecule has 3 heterocycles. The van der Waals surface area contributed by atoms with E-state index in [1.807, 2.05) is 32.9 Å². The van der Waals surface area contributed by atoms with Crippen molar-refractivity contribution in [3.05, 3.63) is 36.8 Å². The molecule has 1 saturated heterocycles. The van der Waals surface area contributed by atoms with E-state index in [1.165, 1.54) is 0 Å². The van der Waals surface area contributed by atoms with Crippen molar-refractivity contribution in [3.8, 4) is 0 Å². The highest BCUT2D eigenvalue weighted by molar-refractivity contribution is 5.83. The Balaban J connectivity index is 1.54. The molecular weight excluding hydrogens is 332 g/mol. The summed E-state index contributed by atoms with van der Waals surface area (Å²) in [5.74, 6) is 1.24. The summed E-state index contributed by atoms with van der Waals surface area (Å²) in [7, 11) is 0. The lowest BCUT2D eigenvalue weighted by Crippen LogP contribution is -2.47. The minimum absolute atomic E-state index is 0.472. The SMILES string of the molecule is CC(C)(C)OC(=O)Nc1ccc(N2CCN(c3ncccn3)CC2)cn1. The van der Waals surface area contributed by atoms with Crippen molar-refractivity contribution in [3.63, 3.8) is 0 Å². The molecule has 1 N–H and O–H groups in total. The maximum Gasteiger partial charge on any atom is 0.413 e. The number of ether oxygens (including phenoxy) is 1. The number of piperazine rings is 1. The number of hydrogen-bond donors (Lipinski definition) is 1. The molecule has 1 aliphatic heterocycles. The predicted octanol–water partition coefficient (Wildman–Crippen LogP) is 2.55. The van der Waals surface area contributed by atoms with Gasteiger partial charge in [0.05, 0.1) is 11.9 Å². The van der Waals surface area contributed by atoms with Gasteiger partial charge in [0.1, 0.15) is 11.4 Å². The Bertz CT molecular complexity index is 722. The van der Waals surface area contributed by atoms with E-state index in [2.05, 4.69) is 30.1 Å². The molecule has 2 aromatic rings. The molecule has 0 spiro atoms. The second-order valence-electron chi connectivity index (χ2n) is 7.05. The van der Waals surface area contributed by atoms with Crippen LogP contribution in [0.3, 0.4) is 0 Å². The second kappa shape index (κ2) is 7.55. The number of nitrogens with zero attached hydrogens (tertiary/aromatic N) is 5. The van der Waals surface area contributed by atoms with Gasteiger partial charge >= 0.3 is 6.09 Å². The minimum Gasteiger partial charge on any atom is -0.444 e. The topological polar surface area (TPSA) is 83.5 Å². The lowest BCUT2D eigenvalue weighted by molar-refractivity contribution is 0.0635. The van der Waals surface area contributed by atoms with Crippen LogP contribution in [0.15, 0.2) is 36.8 Å². The van der Waals surface area contributed by atoms with Crippen molar-refractivity contribution < 1.29 is 9.53 Å². The van der Waals surface area contributed by atoms with Crippen LogP contribution in [0.25, 0.3) is 0 Å². The van der Waals surface area contributed by atoms with Crippen LogP contribution in [0.1, 0.15) is 20.8 Å². The van der Waals surface area contributed by atoms with Crippen molar-refractivity contribution in [1.82, 2.24) is 15.0 Å². The highest BCUT2D eigenvalue weighted by atomic mass is 16.6. The van der Waals surface area contributed by atoms with Gasteiger partial charge in [-0.1, -0.05) is 0 Å². The number of hydrogen-bond acceptors (Lipinski definition) is 7. The Hall–Kier alpha value is -2.90. The molecule has 8 nitrogen and oxygen atoms in total. The summed E-state index contributed by atoms with van der Waals surface area (Å²) in [5, 5.41) is 2.64. The van der Waals surface area contributed by atoms with Crippen molar-refractivity contribution in [1.29, 1.82) is 0 Å². The molecule has 0 saturated carbocycles. The molecule has 1 amide bonds. The average Bonchev–Trinajstić information content (AvgIpc) is 2.62. The molecule has 0 radical (unpaired) electrons. The molecule has 3 rings (SSSR count). The Kier molecular flexibility index (Phi) is 5.20. The molecule has 138 valence electrons. The first-order valence-electron chi connectivity index (χ1n) is 8.64. The number of amides is 1. The Labute approximate surface area is 153 Å². The molecule has 0 aromatic carbocycles. The van der Waals surface area contributed by atoms with E-state index in [-0.39, 0.29) is 0 Å². The van der Waals surface area contributed by atoms with Crippen LogP contribution in [-0.4, -0.2) is 52.8 Å². The number of rotatable bonds is 3. The van der Waals surface area contributed by atoms with Gasteiger partial charge in [-0.25, -0.2) is 19.7 Å². The lowest BCUT2D eigenvalue weighted by atomic mass is 10.2. The van der Waals surface area contributed by atoms with Crippen LogP contribution in [0.5, 0.6) is 0 Å². The smallest absolute Gasteiger partial charge is 0.413 e. The minimum atomic E-state index is -0.536. The summed E-state index contributed by atoms with van der Waals surface area (Å²) >= 11 is 0. The molecule has 1 aliphatic rings. The van der Waals surface area contributed by atoms with E-state index in [9.17, 15) is 4.79 Å². The number of anilines is 3. The van der Waals surface area contributed by atoms with Crippen molar-refractivity contribution in [2.75, 3.05) is 41.3 Å². The maximum atomic E-state index is 11.8. The van der Waals surface area contributed by atoms with Gasteiger partial charge in [0.15, 0.2) is 0 Å². The zero-order valence-corrected chi connectivity index (χ0v) is 15.3. The maximum absolute atomic E-state index is 11.8. The third kappa shape index (κ3) is 4.81. The fourth-order valence-electron chi connectivity index (χ4n) is 2.67. The van der Waals surface area contributed by atoms with Crippen molar-refractivity contribution >= 4 is 23.5 Å². The van der Waals surface area contributed by atoms with Crippen LogP contribution in [0, 0.1) is 0 Å². The van der Waals surface area contributed by atoms with Crippen LogP contribution in [0.4, 0.5) is 22.2 Å². The molecule has 26 heavy (non-hydrogen) atoms. The first kappa shape index (κ1) is 17.9. The Morgan fingerprint density at radius 2 is 1.69 bits per heavy atom. The van der Waals surface area contributed by atoms with E-state index in [4.69, 9.17) is 4.74 Å². The van der Waals surface area contributed by atoms with E-state index in [0.717, 1.165) is 37.8 Å². The third-order valence-electron chi connectivity index (χ3n) is 3.86. The number of nitrogens with one attached hydrogen (secondary N) is 1. The average molecular weight is 356 g/mol. The summed E-state index contributed by atoms with van der Waals surface area (Å²) in [6.07, 6.45) is 4.78. The van der Waals surface area contributed by atoms with Gasteiger partial charge in [0, 0.05) is 38.6 Å². The first-order valence-corrected chi connectivity index (χ1v) is 8.64. The largest absolute Gasteiger partial charge is 0.444 e. The van der Waals surface area contributed by atoms with Crippen LogP contribution < -0.4 is 15.1 Å². The van der Waals surface area contributed by atoms with Gasteiger partial charge in [-0.15, -0.1) is 0 Å². The summed E-state index contributed by atoms with van der Waals surface area (Å²) in [6.45, 7) is 8.89. The van der Waals surface area contributed by atoms with E-state index < -0.39 is 11.7 Å². The monoisotopic (exact) mass is 356 g/mol. The lowest BCUT2D eigenvalue weighted by Gasteiger charge is -2.35. The molecule has 2 aromatic heterocycles. The summed E-state index contributed by atoms with van der Waals surface area (Å²) < 4.78 is 5.22. The molecule has 0 bridgehead atoms. The van der Waals surface area contributed by atoms with Crippen LogP contribution >= 0.6 is 0 Å². The summed E-state index contributed by atoms with van der Waals surface area (Å²) in [4.78, 5) is 29.1. The number of pyridine rings is 1. The summed E-state index contributed by atoms with van der Waals surface area (Å²) in [5.41, 5.74) is 0.486. The van der Waals surface area contributed by atoms with E-state index in [0.29, 0.717) is 5.82 Å². The van der Waals surface area contributed by atoms with Gasteiger partial charge in [-0.05, 0) is 39.0 Å². The normalized spacial score (nSPS) is 14.9. The van der Waals surface area contributed by atoms with E-state index >= 15 is 0 Å². The molecule has 1 fully saturated rings. The molecular formula is C18H24N6O2. The van der Waals surface area contributed by atoms with Gasteiger partial charge < -0.3 is 14.5 Å². The highest BCUT2D eigenvalue weighted by Crippen LogP contribution is 2.19. The second-order valence-corrected chi connectivity index (χ2v) is 7.05. The Morgan fingerprint density at radius 1 is 1.04 bits per heavy atom. The molecule has 8 heteroatoms. The van der Waals surface area contributed by atoms with E-state index in [1.54, 1.807) is 24.7 Å². The molecule has 0 unspecified atom stereocenters. The first-order chi connectivity index (χ1) is 12.4. The number of aromatic nitrogens is 3. The third-order valence-corrected chi connectivity index (χ3v) is 3.86. The molecule has 0 aliphatic carbocycles. The predicted molar refractivity (Wildman–Crippen MR) is 101 cm³/mol. The summed E-state index contributed by atoms with van der Waals surface area (Å²) in [6, 6.07) is 5.55. The van der Waals surface area contributed by atoms with Crippen LogP contribution in [0.2, 0.25) is 0 Å². The highest BCUT2D eigenvalue weighted by Gasteiger charge is 2.20. The van der Waals surface area contributed by atoms with Crippen molar-refractivity contribution in [2.45, 2.75) is 26.4 Å². The number of carbonyl (C=O) groups is 1. The van der Waals surface area contributed by atoms with Gasteiger partial charge in [-0.2, -0.15) is 0 Å².